The molecule has 0 atom stereocenters. The van der Waals surface area contributed by atoms with Gasteiger partial charge in [0.05, 0.1) is 18.7 Å². The fourth-order valence-corrected chi connectivity index (χ4v) is 4.31. The van der Waals surface area contributed by atoms with E-state index in [1.54, 1.807) is 18.3 Å². The number of hydrogen-bond acceptors (Lipinski definition) is 7. The minimum atomic E-state index is -0.478. The van der Waals surface area contributed by atoms with E-state index in [0.29, 0.717) is 30.8 Å². The zero-order valence-electron chi connectivity index (χ0n) is 20.6. The first-order valence-electron chi connectivity index (χ1n) is 12.2. The van der Waals surface area contributed by atoms with Gasteiger partial charge in [0.2, 0.25) is 5.91 Å². The second-order valence-corrected chi connectivity index (χ2v) is 8.89. The Bertz CT molecular complexity index is 1340. The summed E-state index contributed by atoms with van der Waals surface area (Å²) in [6.07, 6.45) is 5.55. The second-order valence-electron chi connectivity index (χ2n) is 8.89. The lowest BCUT2D eigenvalue weighted by atomic mass is 10.1. The molecule has 8 heteroatoms. The number of pyridine rings is 2. The fraction of sp³-hybridized carbons (Fsp3) is 0.321. The number of benzene rings is 2. The van der Waals surface area contributed by atoms with Crippen LogP contribution in [0, 0.1) is 6.92 Å². The lowest BCUT2D eigenvalue weighted by Crippen LogP contribution is -2.16. The SMILES string of the molecule is Cc1cc(CO)cc(CNCCCCOCCNc2nc3cc(C(N)=O)ccc3c3cnccc23)c1. The molecule has 1 amide bonds. The molecule has 2 aromatic heterocycles. The summed E-state index contributed by atoms with van der Waals surface area (Å²) in [7, 11) is 0. The number of carbonyl (C=O) groups excluding carboxylic acids is 1. The molecule has 0 unspecified atom stereocenters. The molecular weight excluding hydrogens is 454 g/mol. The van der Waals surface area contributed by atoms with Crippen molar-refractivity contribution in [2.45, 2.75) is 32.9 Å². The zero-order valence-corrected chi connectivity index (χ0v) is 20.6. The van der Waals surface area contributed by atoms with Gasteiger partial charge in [-0.3, -0.25) is 9.78 Å². The number of primary amides is 1. The van der Waals surface area contributed by atoms with Gasteiger partial charge in [0.25, 0.3) is 0 Å². The van der Waals surface area contributed by atoms with E-state index in [1.165, 1.54) is 11.1 Å². The summed E-state index contributed by atoms with van der Waals surface area (Å²) in [6.45, 7) is 5.70. The van der Waals surface area contributed by atoms with Crippen LogP contribution in [0.5, 0.6) is 0 Å². The van der Waals surface area contributed by atoms with Crippen molar-refractivity contribution in [1.82, 2.24) is 15.3 Å². The smallest absolute Gasteiger partial charge is 0.248 e. The van der Waals surface area contributed by atoms with Crippen LogP contribution in [0.4, 0.5) is 5.82 Å². The number of nitrogens with zero attached hydrogens (tertiary/aromatic N) is 2. The van der Waals surface area contributed by atoms with Gasteiger partial charge in [0.1, 0.15) is 5.82 Å². The largest absolute Gasteiger partial charge is 0.392 e. The van der Waals surface area contributed by atoms with Crippen LogP contribution in [0.3, 0.4) is 0 Å². The molecule has 36 heavy (non-hydrogen) atoms. The summed E-state index contributed by atoms with van der Waals surface area (Å²) in [5.74, 6) is 0.254. The maximum absolute atomic E-state index is 11.6. The molecule has 4 aromatic rings. The first kappa shape index (κ1) is 25.5. The molecule has 0 saturated carbocycles. The highest BCUT2D eigenvalue weighted by Crippen LogP contribution is 2.29. The number of aromatic nitrogens is 2. The number of aliphatic hydroxyl groups is 1. The van der Waals surface area contributed by atoms with Gasteiger partial charge in [-0.25, -0.2) is 4.98 Å². The maximum atomic E-state index is 11.6. The monoisotopic (exact) mass is 487 g/mol. The van der Waals surface area contributed by atoms with E-state index >= 15 is 0 Å². The molecule has 8 nitrogen and oxygen atoms in total. The highest BCUT2D eigenvalue weighted by atomic mass is 16.5. The molecule has 188 valence electrons. The van der Waals surface area contributed by atoms with Crippen LogP contribution in [-0.2, 0) is 17.9 Å². The average Bonchev–Trinajstić information content (AvgIpc) is 2.89. The van der Waals surface area contributed by atoms with Crippen LogP contribution in [0.15, 0.2) is 54.9 Å². The van der Waals surface area contributed by atoms with Crippen molar-refractivity contribution in [3.8, 4) is 0 Å². The van der Waals surface area contributed by atoms with Gasteiger partial charge >= 0.3 is 0 Å². The van der Waals surface area contributed by atoms with E-state index in [0.717, 1.165) is 53.5 Å². The number of fused-ring (bicyclic) bond motifs is 3. The molecule has 0 fully saturated rings. The third kappa shape index (κ3) is 6.54. The van der Waals surface area contributed by atoms with Crippen LogP contribution in [0.1, 0.15) is 39.9 Å². The highest BCUT2D eigenvalue weighted by Gasteiger charge is 2.10. The normalized spacial score (nSPS) is 11.3. The van der Waals surface area contributed by atoms with Crippen molar-refractivity contribution in [1.29, 1.82) is 0 Å². The summed E-state index contributed by atoms with van der Waals surface area (Å²) in [6, 6.07) is 13.4. The number of anilines is 1. The molecule has 2 aromatic carbocycles. The topological polar surface area (TPSA) is 122 Å². The Kier molecular flexibility index (Phi) is 8.78. The van der Waals surface area contributed by atoms with Crippen LogP contribution in [0.2, 0.25) is 0 Å². The Hall–Kier alpha value is -3.59. The zero-order chi connectivity index (χ0) is 25.3. The van der Waals surface area contributed by atoms with Crippen molar-refractivity contribution in [3.05, 3.63) is 77.1 Å². The minimum absolute atomic E-state index is 0.0709. The van der Waals surface area contributed by atoms with E-state index < -0.39 is 5.91 Å². The van der Waals surface area contributed by atoms with Gasteiger partial charge in [-0.15, -0.1) is 0 Å². The molecular formula is C28H33N5O3. The number of amides is 1. The van der Waals surface area contributed by atoms with Crippen LogP contribution < -0.4 is 16.4 Å². The summed E-state index contributed by atoms with van der Waals surface area (Å²) in [4.78, 5) is 20.6. The lowest BCUT2D eigenvalue weighted by Gasteiger charge is -2.12. The number of nitrogens with one attached hydrogen (secondary N) is 2. The Morgan fingerprint density at radius 3 is 2.69 bits per heavy atom. The van der Waals surface area contributed by atoms with Crippen LogP contribution >= 0.6 is 0 Å². The highest BCUT2D eigenvalue weighted by molar-refractivity contribution is 6.11. The fourth-order valence-electron chi connectivity index (χ4n) is 4.31. The summed E-state index contributed by atoms with van der Waals surface area (Å²) in [5.41, 5.74) is 9.87. The molecule has 0 radical (unpaired) electrons. The summed E-state index contributed by atoms with van der Waals surface area (Å²) < 4.78 is 5.80. The van der Waals surface area contributed by atoms with Gasteiger partial charge in [0, 0.05) is 53.8 Å². The molecule has 4 rings (SSSR count). The van der Waals surface area contributed by atoms with Gasteiger partial charge in [-0.05, 0) is 55.6 Å². The second kappa shape index (κ2) is 12.4. The number of rotatable bonds is 13. The quantitative estimate of drug-likeness (QED) is 0.168. The number of ether oxygens (including phenoxy) is 1. The predicted octanol–water partition coefficient (Wildman–Crippen LogP) is 3.68. The number of unbranched alkanes of at least 4 members (excludes halogenated alkanes) is 1. The van der Waals surface area contributed by atoms with Gasteiger partial charge in [0.15, 0.2) is 0 Å². The first-order chi connectivity index (χ1) is 17.5. The van der Waals surface area contributed by atoms with Crippen molar-refractivity contribution in [2.75, 3.05) is 31.6 Å². The number of hydrogen-bond donors (Lipinski definition) is 4. The number of carbonyl (C=O) groups is 1. The standard InChI is InChI=1S/C28H33N5O3/c1-19-12-20(14-21(13-19)18-34)16-30-7-2-3-10-36-11-9-32-28-24-6-8-31-17-25(24)23-5-4-22(27(29)35)15-26(23)33-28/h4-6,8,12-15,17,30,34H,2-3,7,9-11,16,18H2,1H3,(H2,29,35)(H,32,33). The molecule has 0 aliphatic carbocycles. The van der Waals surface area contributed by atoms with Crippen LogP contribution in [-0.4, -0.2) is 47.3 Å². The first-order valence-corrected chi connectivity index (χ1v) is 12.2. The molecule has 2 heterocycles. The molecule has 0 aliphatic rings. The number of aliphatic hydroxyl groups excluding tert-OH is 1. The van der Waals surface area contributed by atoms with Gasteiger partial charge in [-0.1, -0.05) is 29.8 Å². The van der Waals surface area contributed by atoms with E-state index in [1.807, 2.05) is 37.4 Å². The Labute approximate surface area is 210 Å². The number of aryl methyl sites for hydroxylation is 1. The molecule has 0 spiro atoms. The molecule has 0 aliphatic heterocycles. The van der Waals surface area contributed by atoms with E-state index in [9.17, 15) is 9.90 Å². The van der Waals surface area contributed by atoms with Gasteiger partial charge in [-0.2, -0.15) is 0 Å². The van der Waals surface area contributed by atoms with Crippen molar-refractivity contribution in [2.24, 2.45) is 5.73 Å². The van der Waals surface area contributed by atoms with Crippen LogP contribution in [0.25, 0.3) is 21.7 Å². The Morgan fingerprint density at radius 1 is 1.00 bits per heavy atom. The Morgan fingerprint density at radius 2 is 1.86 bits per heavy atom. The maximum Gasteiger partial charge on any atom is 0.248 e. The van der Waals surface area contributed by atoms with E-state index in [2.05, 4.69) is 21.7 Å². The van der Waals surface area contributed by atoms with Crippen molar-refractivity contribution >= 4 is 33.4 Å². The third-order valence-electron chi connectivity index (χ3n) is 6.02. The Balaban J connectivity index is 1.20. The molecule has 0 saturated heterocycles. The lowest BCUT2D eigenvalue weighted by molar-refractivity contribution is 0.100. The summed E-state index contributed by atoms with van der Waals surface area (Å²) >= 11 is 0. The average molecular weight is 488 g/mol. The van der Waals surface area contributed by atoms with Gasteiger partial charge < -0.3 is 26.2 Å². The van der Waals surface area contributed by atoms with E-state index in [4.69, 9.17) is 15.5 Å². The minimum Gasteiger partial charge on any atom is -0.392 e. The van der Waals surface area contributed by atoms with E-state index in [-0.39, 0.29) is 6.61 Å². The molecule has 5 N–H and O–H groups in total. The molecule has 0 bridgehead atoms. The summed E-state index contributed by atoms with van der Waals surface area (Å²) in [5, 5.41) is 19.0. The van der Waals surface area contributed by atoms with Crippen molar-refractivity contribution < 1.29 is 14.6 Å². The third-order valence-corrected chi connectivity index (χ3v) is 6.02. The predicted molar refractivity (Wildman–Crippen MR) is 143 cm³/mol. The van der Waals surface area contributed by atoms with Crippen molar-refractivity contribution in [3.63, 3.8) is 0 Å². The number of nitrogens with two attached hydrogens (primary N) is 1.